The second-order valence-corrected chi connectivity index (χ2v) is 6.96. The second-order valence-electron chi connectivity index (χ2n) is 6.96. The summed E-state index contributed by atoms with van der Waals surface area (Å²) >= 11 is 0. The molecule has 3 rings (SSSR count). The highest BCUT2D eigenvalue weighted by atomic mass is 14.7. The van der Waals surface area contributed by atoms with E-state index in [-0.39, 0.29) is 5.54 Å². The molecule has 2 aliphatic rings. The maximum absolute atomic E-state index is 6.56. The van der Waals surface area contributed by atoms with Crippen LogP contribution in [0.1, 0.15) is 44.6 Å². The molecule has 2 saturated carbocycles. The summed E-state index contributed by atoms with van der Waals surface area (Å²) in [6.45, 7) is 2.24. The molecule has 0 aliphatic heterocycles. The van der Waals surface area contributed by atoms with Crippen molar-refractivity contribution in [1.82, 2.24) is 0 Å². The molecule has 0 spiro atoms. The van der Waals surface area contributed by atoms with E-state index in [1.54, 1.807) is 0 Å². The van der Waals surface area contributed by atoms with E-state index in [1.807, 2.05) is 0 Å². The van der Waals surface area contributed by atoms with E-state index in [9.17, 15) is 0 Å². The zero-order chi connectivity index (χ0) is 12.6. The van der Waals surface area contributed by atoms with Crippen LogP contribution in [-0.2, 0) is 6.42 Å². The van der Waals surface area contributed by atoms with Crippen LogP contribution < -0.4 is 5.73 Å². The van der Waals surface area contributed by atoms with Gasteiger partial charge in [-0.05, 0) is 62.3 Å². The molecule has 0 heterocycles. The van der Waals surface area contributed by atoms with Crippen LogP contribution in [-0.4, -0.2) is 5.54 Å². The third-order valence-corrected chi connectivity index (χ3v) is 5.06. The van der Waals surface area contributed by atoms with Gasteiger partial charge in [0.05, 0.1) is 0 Å². The molecule has 0 amide bonds. The van der Waals surface area contributed by atoms with Gasteiger partial charge in [0.2, 0.25) is 0 Å². The van der Waals surface area contributed by atoms with Crippen molar-refractivity contribution in [2.24, 2.45) is 23.5 Å². The van der Waals surface area contributed by atoms with E-state index in [0.717, 1.165) is 24.2 Å². The zero-order valence-electron chi connectivity index (χ0n) is 11.4. The molecule has 0 radical (unpaired) electrons. The standard InChI is InChI=1S/C17H25N/c1-17(18,11-13-5-3-2-4-6-13)12-16-10-14-7-8-15(16)9-14/h2-6,14-16H,7-12,18H2,1H3. The fourth-order valence-corrected chi connectivity index (χ4v) is 4.36. The monoisotopic (exact) mass is 243 g/mol. The van der Waals surface area contributed by atoms with Gasteiger partial charge in [-0.15, -0.1) is 0 Å². The first-order chi connectivity index (χ1) is 8.62. The molecular weight excluding hydrogens is 218 g/mol. The highest BCUT2D eigenvalue weighted by molar-refractivity contribution is 5.17. The van der Waals surface area contributed by atoms with Gasteiger partial charge in [-0.25, -0.2) is 0 Å². The van der Waals surface area contributed by atoms with Crippen molar-refractivity contribution >= 4 is 0 Å². The molecule has 1 heteroatoms. The van der Waals surface area contributed by atoms with Crippen LogP contribution in [0.2, 0.25) is 0 Å². The Bertz CT molecular complexity index is 395. The fraction of sp³-hybridized carbons (Fsp3) is 0.647. The van der Waals surface area contributed by atoms with Gasteiger partial charge in [0.25, 0.3) is 0 Å². The largest absolute Gasteiger partial charge is 0.325 e. The van der Waals surface area contributed by atoms with Crippen molar-refractivity contribution < 1.29 is 0 Å². The average molecular weight is 243 g/mol. The van der Waals surface area contributed by atoms with Crippen LogP contribution in [0, 0.1) is 17.8 Å². The molecule has 2 aliphatic carbocycles. The molecule has 1 aromatic carbocycles. The summed E-state index contributed by atoms with van der Waals surface area (Å²) in [6.07, 6.45) is 8.13. The summed E-state index contributed by atoms with van der Waals surface area (Å²) in [5.74, 6) is 2.93. The molecule has 4 atom stereocenters. The SMILES string of the molecule is CC(N)(Cc1ccccc1)CC1CC2CCC1C2. The van der Waals surface area contributed by atoms with E-state index in [4.69, 9.17) is 5.73 Å². The number of benzene rings is 1. The summed E-state index contributed by atoms with van der Waals surface area (Å²) in [5.41, 5.74) is 7.91. The first kappa shape index (κ1) is 12.2. The Kier molecular flexibility index (Phi) is 3.19. The van der Waals surface area contributed by atoms with Crippen LogP contribution in [0.4, 0.5) is 0 Å². The quantitative estimate of drug-likeness (QED) is 0.856. The van der Waals surface area contributed by atoms with E-state index in [2.05, 4.69) is 37.3 Å². The van der Waals surface area contributed by atoms with Gasteiger partial charge in [-0.3, -0.25) is 0 Å². The van der Waals surface area contributed by atoms with Gasteiger partial charge >= 0.3 is 0 Å². The van der Waals surface area contributed by atoms with Crippen molar-refractivity contribution in [1.29, 1.82) is 0 Å². The van der Waals surface area contributed by atoms with Crippen molar-refractivity contribution in [3.8, 4) is 0 Å². The van der Waals surface area contributed by atoms with Gasteiger partial charge in [-0.2, -0.15) is 0 Å². The number of nitrogens with two attached hydrogens (primary N) is 1. The van der Waals surface area contributed by atoms with Crippen molar-refractivity contribution in [3.63, 3.8) is 0 Å². The molecule has 4 unspecified atom stereocenters. The molecule has 2 bridgehead atoms. The van der Waals surface area contributed by atoms with Gasteiger partial charge in [0.15, 0.2) is 0 Å². The van der Waals surface area contributed by atoms with Crippen LogP contribution in [0.5, 0.6) is 0 Å². The maximum Gasteiger partial charge on any atom is 0.0169 e. The van der Waals surface area contributed by atoms with Crippen LogP contribution in [0.3, 0.4) is 0 Å². The van der Waals surface area contributed by atoms with Gasteiger partial charge < -0.3 is 5.73 Å². The first-order valence-corrected chi connectivity index (χ1v) is 7.45. The molecule has 0 saturated heterocycles. The Morgan fingerprint density at radius 1 is 1.17 bits per heavy atom. The van der Waals surface area contributed by atoms with Crippen molar-refractivity contribution in [3.05, 3.63) is 35.9 Å². The molecule has 2 fully saturated rings. The highest BCUT2D eigenvalue weighted by Crippen LogP contribution is 2.50. The molecule has 1 aromatic rings. The third-order valence-electron chi connectivity index (χ3n) is 5.06. The second kappa shape index (κ2) is 4.70. The van der Waals surface area contributed by atoms with E-state index < -0.39 is 0 Å². The fourth-order valence-electron chi connectivity index (χ4n) is 4.36. The molecule has 98 valence electrons. The lowest BCUT2D eigenvalue weighted by molar-refractivity contribution is 0.250. The van der Waals surface area contributed by atoms with E-state index in [1.165, 1.54) is 37.7 Å². The Morgan fingerprint density at radius 2 is 1.94 bits per heavy atom. The van der Waals surface area contributed by atoms with E-state index >= 15 is 0 Å². The molecule has 0 aromatic heterocycles. The summed E-state index contributed by atoms with van der Waals surface area (Å²) in [7, 11) is 0. The minimum atomic E-state index is -0.0312. The Morgan fingerprint density at radius 3 is 2.56 bits per heavy atom. The molecular formula is C17H25N. The lowest BCUT2D eigenvalue weighted by Crippen LogP contribution is -2.41. The molecule has 1 nitrogen and oxygen atoms in total. The number of fused-ring (bicyclic) bond motifs is 2. The summed E-state index contributed by atoms with van der Waals surface area (Å²) in [6, 6.07) is 10.7. The predicted molar refractivity (Wildman–Crippen MR) is 76.3 cm³/mol. The zero-order valence-corrected chi connectivity index (χ0v) is 11.4. The van der Waals surface area contributed by atoms with Crippen LogP contribution in [0.15, 0.2) is 30.3 Å². The summed E-state index contributed by atoms with van der Waals surface area (Å²) in [4.78, 5) is 0. The van der Waals surface area contributed by atoms with Crippen molar-refractivity contribution in [2.75, 3.05) is 0 Å². The maximum atomic E-state index is 6.56. The van der Waals surface area contributed by atoms with Crippen LogP contribution >= 0.6 is 0 Å². The van der Waals surface area contributed by atoms with Gasteiger partial charge in [-0.1, -0.05) is 36.8 Å². The number of hydrogen-bond donors (Lipinski definition) is 1. The predicted octanol–water partition coefficient (Wildman–Crippen LogP) is 3.77. The molecule has 2 N–H and O–H groups in total. The topological polar surface area (TPSA) is 26.0 Å². The van der Waals surface area contributed by atoms with Crippen LogP contribution in [0.25, 0.3) is 0 Å². The molecule has 18 heavy (non-hydrogen) atoms. The number of rotatable bonds is 4. The lowest BCUT2D eigenvalue weighted by Gasteiger charge is -2.32. The minimum absolute atomic E-state index is 0.0312. The minimum Gasteiger partial charge on any atom is -0.325 e. The number of hydrogen-bond acceptors (Lipinski definition) is 1. The summed E-state index contributed by atoms with van der Waals surface area (Å²) < 4.78 is 0. The first-order valence-electron chi connectivity index (χ1n) is 7.45. The van der Waals surface area contributed by atoms with Gasteiger partial charge in [0, 0.05) is 5.54 Å². The average Bonchev–Trinajstić information content (AvgIpc) is 2.90. The highest BCUT2D eigenvalue weighted by Gasteiger charge is 2.41. The van der Waals surface area contributed by atoms with E-state index in [0.29, 0.717) is 0 Å². The Labute approximate surface area is 111 Å². The van der Waals surface area contributed by atoms with Crippen molar-refractivity contribution in [2.45, 2.75) is 51.0 Å². The smallest absolute Gasteiger partial charge is 0.0169 e. The lowest BCUT2D eigenvalue weighted by atomic mass is 9.77. The third kappa shape index (κ3) is 2.61. The Hall–Kier alpha value is -0.820. The summed E-state index contributed by atoms with van der Waals surface area (Å²) in [5, 5.41) is 0. The Balaban J connectivity index is 1.61. The van der Waals surface area contributed by atoms with Gasteiger partial charge in [0.1, 0.15) is 0 Å². The normalized spacial score (nSPS) is 33.6.